The normalized spacial score (nSPS) is 10.7. The van der Waals surface area contributed by atoms with Crippen LogP contribution in [0.4, 0.5) is 0 Å². The van der Waals surface area contributed by atoms with Crippen LogP contribution in [0, 0.1) is 0 Å². The van der Waals surface area contributed by atoms with Crippen LogP contribution < -0.4 is 5.43 Å². The van der Waals surface area contributed by atoms with Crippen molar-refractivity contribution in [1.29, 1.82) is 0 Å². The first kappa shape index (κ1) is 11.3. The van der Waals surface area contributed by atoms with Gasteiger partial charge in [-0.15, -0.1) is 0 Å². The summed E-state index contributed by atoms with van der Waals surface area (Å²) in [5.41, 5.74) is 0.589. The second-order valence-electron chi connectivity index (χ2n) is 4.18. The monoisotopic (exact) mass is 254 g/mol. The molecule has 0 spiro atoms. The summed E-state index contributed by atoms with van der Waals surface area (Å²) in [5.74, 6) is 0.337. The highest BCUT2D eigenvalue weighted by Crippen LogP contribution is 2.27. The van der Waals surface area contributed by atoms with Crippen molar-refractivity contribution in [2.45, 2.75) is 0 Å². The van der Waals surface area contributed by atoms with E-state index in [0.717, 1.165) is 0 Å². The van der Waals surface area contributed by atoms with Crippen molar-refractivity contribution in [3.63, 3.8) is 0 Å². The molecule has 0 aliphatic rings. The molecule has 3 rings (SSSR count). The standard InChI is InChI=1S/C15H10O4/c16-10-4-1-3-9(7-10)14-8-12(18)15-11(17)5-2-6-13(15)19-14/h1-8,16-17H. The molecule has 4 heteroatoms. The Hall–Kier alpha value is -2.75. The van der Waals surface area contributed by atoms with Gasteiger partial charge in [0.2, 0.25) is 0 Å². The maximum Gasteiger partial charge on any atom is 0.197 e. The van der Waals surface area contributed by atoms with Gasteiger partial charge in [0, 0.05) is 11.6 Å². The molecule has 1 heterocycles. The molecular weight excluding hydrogens is 244 g/mol. The molecule has 94 valence electrons. The van der Waals surface area contributed by atoms with Gasteiger partial charge in [0.05, 0.1) is 0 Å². The Kier molecular flexibility index (Phi) is 2.49. The van der Waals surface area contributed by atoms with Crippen LogP contribution in [0.2, 0.25) is 0 Å². The van der Waals surface area contributed by atoms with E-state index in [-0.39, 0.29) is 22.3 Å². The van der Waals surface area contributed by atoms with Crippen LogP contribution in [0.1, 0.15) is 0 Å². The molecule has 0 aliphatic heterocycles. The topological polar surface area (TPSA) is 70.7 Å². The number of hydrogen-bond acceptors (Lipinski definition) is 4. The maximum absolute atomic E-state index is 12.0. The number of phenols is 2. The summed E-state index contributed by atoms with van der Waals surface area (Å²) >= 11 is 0. The molecule has 4 nitrogen and oxygen atoms in total. The van der Waals surface area contributed by atoms with Crippen molar-refractivity contribution < 1.29 is 14.6 Å². The van der Waals surface area contributed by atoms with E-state index in [4.69, 9.17) is 4.42 Å². The van der Waals surface area contributed by atoms with Crippen LogP contribution in [0.3, 0.4) is 0 Å². The highest BCUT2D eigenvalue weighted by Gasteiger charge is 2.10. The van der Waals surface area contributed by atoms with Gasteiger partial charge < -0.3 is 14.6 Å². The molecule has 0 aliphatic carbocycles. The Labute approximate surface area is 108 Å². The number of hydrogen-bond donors (Lipinski definition) is 2. The van der Waals surface area contributed by atoms with Gasteiger partial charge in [-0.2, -0.15) is 0 Å². The van der Waals surface area contributed by atoms with Crippen molar-refractivity contribution >= 4 is 11.0 Å². The van der Waals surface area contributed by atoms with Gasteiger partial charge in [0.1, 0.15) is 28.2 Å². The van der Waals surface area contributed by atoms with Crippen LogP contribution in [0.5, 0.6) is 11.5 Å². The van der Waals surface area contributed by atoms with Crippen molar-refractivity contribution in [1.82, 2.24) is 0 Å². The van der Waals surface area contributed by atoms with Gasteiger partial charge >= 0.3 is 0 Å². The summed E-state index contributed by atoms with van der Waals surface area (Å²) in [6.45, 7) is 0. The molecule has 0 unspecified atom stereocenters. The van der Waals surface area contributed by atoms with Crippen molar-refractivity contribution in [3.8, 4) is 22.8 Å². The van der Waals surface area contributed by atoms with E-state index < -0.39 is 0 Å². The lowest BCUT2D eigenvalue weighted by atomic mass is 10.1. The minimum absolute atomic E-state index is 0.0937. The van der Waals surface area contributed by atoms with E-state index in [1.54, 1.807) is 24.3 Å². The Morgan fingerprint density at radius 2 is 1.74 bits per heavy atom. The Morgan fingerprint density at radius 3 is 2.53 bits per heavy atom. The van der Waals surface area contributed by atoms with Crippen LogP contribution >= 0.6 is 0 Å². The minimum atomic E-state index is -0.322. The van der Waals surface area contributed by atoms with Gasteiger partial charge in [0.25, 0.3) is 0 Å². The Morgan fingerprint density at radius 1 is 0.947 bits per heavy atom. The van der Waals surface area contributed by atoms with E-state index in [9.17, 15) is 15.0 Å². The first-order valence-electron chi connectivity index (χ1n) is 5.70. The fraction of sp³-hybridized carbons (Fsp3) is 0. The van der Waals surface area contributed by atoms with Crippen molar-refractivity contribution in [3.05, 3.63) is 58.8 Å². The molecule has 2 N–H and O–H groups in total. The third-order valence-corrected chi connectivity index (χ3v) is 2.86. The van der Waals surface area contributed by atoms with Gasteiger partial charge in [-0.25, -0.2) is 0 Å². The molecule has 2 aromatic carbocycles. The fourth-order valence-corrected chi connectivity index (χ4v) is 1.99. The quantitative estimate of drug-likeness (QED) is 0.700. The van der Waals surface area contributed by atoms with Gasteiger partial charge in [0.15, 0.2) is 5.43 Å². The van der Waals surface area contributed by atoms with Gasteiger partial charge in [-0.1, -0.05) is 18.2 Å². The third-order valence-electron chi connectivity index (χ3n) is 2.86. The van der Waals surface area contributed by atoms with E-state index in [2.05, 4.69) is 0 Å². The highest BCUT2D eigenvalue weighted by molar-refractivity contribution is 5.84. The summed E-state index contributed by atoms with van der Waals surface area (Å²) in [7, 11) is 0. The molecule has 1 aromatic heterocycles. The summed E-state index contributed by atoms with van der Waals surface area (Å²) in [6, 6.07) is 12.4. The van der Waals surface area contributed by atoms with E-state index in [0.29, 0.717) is 16.9 Å². The third kappa shape index (κ3) is 1.93. The zero-order chi connectivity index (χ0) is 13.4. The second kappa shape index (κ2) is 4.17. The van der Waals surface area contributed by atoms with Crippen LogP contribution in [0.25, 0.3) is 22.3 Å². The number of aromatic hydroxyl groups is 2. The number of phenolic OH excluding ortho intramolecular Hbond substituents is 2. The summed E-state index contributed by atoms with van der Waals surface area (Å²) in [6.07, 6.45) is 0. The first-order valence-corrected chi connectivity index (χ1v) is 5.70. The van der Waals surface area contributed by atoms with Crippen LogP contribution in [-0.4, -0.2) is 10.2 Å². The second-order valence-corrected chi connectivity index (χ2v) is 4.18. The maximum atomic E-state index is 12.0. The Balaban J connectivity index is 2.30. The minimum Gasteiger partial charge on any atom is -0.508 e. The lowest BCUT2D eigenvalue weighted by Crippen LogP contribution is -2.00. The molecule has 0 atom stereocenters. The summed E-state index contributed by atoms with van der Waals surface area (Å²) < 4.78 is 5.59. The van der Waals surface area contributed by atoms with E-state index in [1.165, 1.54) is 24.3 Å². The lowest BCUT2D eigenvalue weighted by molar-refractivity contribution is 0.475. The van der Waals surface area contributed by atoms with Crippen molar-refractivity contribution in [2.24, 2.45) is 0 Å². The molecule has 19 heavy (non-hydrogen) atoms. The van der Waals surface area contributed by atoms with E-state index in [1.807, 2.05) is 0 Å². The molecule has 0 saturated heterocycles. The number of rotatable bonds is 1. The predicted octanol–water partition coefficient (Wildman–Crippen LogP) is 2.87. The van der Waals surface area contributed by atoms with Crippen LogP contribution in [-0.2, 0) is 0 Å². The number of benzene rings is 2. The largest absolute Gasteiger partial charge is 0.508 e. The molecular formula is C15H10O4. The zero-order valence-electron chi connectivity index (χ0n) is 9.83. The molecule has 3 aromatic rings. The van der Waals surface area contributed by atoms with E-state index >= 15 is 0 Å². The SMILES string of the molecule is O=c1cc(-c2cccc(O)c2)oc2cccc(O)c12. The van der Waals surface area contributed by atoms with Crippen LogP contribution in [0.15, 0.2) is 57.7 Å². The molecule has 0 saturated carbocycles. The smallest absolute Gasteiger partial charge is 0.197 e. The molecule has 0 fully saturated rings. The molecule has 0 radical (unpaired) electrons. The molecule has 0 bridgehead atoms. The lowest BCUT2D eigenvalue weighted by Gasteiger charge is -2.04. The fourth-order valence-electron chi connectivity index (χ4n) is 1.99. The average Bonchev–Trinajstić information content (AvgIpc) is 2.38. The van der Waals surface area contributed by atoms with Crippen molar-refractivity contribution in [2.75, 3.05) is 0 Å². The highest BCUT2D eigenvalue weighted by atomic mass is 16.3. The predicted molar refractivity (Wildman–Crippen MR) is 71.2 cm³/mol. The Bertz CT molecular complexity index is 818. The van der Waals surface area contributed by atoms with Gasteiger partial charge in [-0.05, 0) is 24.3 Å². The summed E-state index contributed by atoms with van der Waals surface area (Å²) in [5, 5.41) is 19.3. The number of fused-ring (bicyclic) bond motifs is 1. The van der Waals surface area contributed by atoms with Gasteiger partial charge in [-0.3, -0.25) is 4.79 Å². The average molecular weight is 254 g/mol. The first-order chi connectivity index (χ1) is 9.15. The summed E-state index contributed by atoms with van der Waals surface area (Å²) in [4.78, 5) is 12.0. The zero-order valence-corrected chi connectivity index (χ0v) is 9.83. The molecule has 0 amide bonds.